The van der Waals surface area contributed by atoms with Crippen molar-refractivity contribution in [3.8, 4) is 0 Å². The Morgan fingerprint density at radius 3 is 2.62 bits per heavy atom. The number of rotatable bonds is 5. The number of ether oxygens (including phenoxy) is 1. The number of methoxy groups -OCH3 is 1. The minimum absolute atomic E-state index is 0.0170. The summed E-state index contributed by atoms with van der Waals surface area (Å²) in [5, 5.41) is 8.90. The standard InChI is InChI=1S/C12H22N2O6S/c1-9(7-20-3)13(2)12(17)14-4-5-21(18,19)8-10(14)6-11(15)16/h9-10H,4-8H2,1-3H3,(H,15,16). The molecule has 0 aromatic carbocycles. The number of nitrogens with zero attached hydrogens (tertiary/aromatic N) is 2. The molecule has 0 aromatic rings. The van der Waals surface area contributed by atoms with Gasteiger partial charge in [-0.1, -0.05) is 0 Å². The maximum Gasteiger partial charge on any atom is 0.320 e. The van der Waals surface area contributed by atoms with Gasteiger partial charge in [0.15, 0.2) is 9.84 Å². The summed E-state index contributed by atoms with van der Waals surface area (Å²) < 4.78 is 28.3. The van der Waals surface area contributed by atoms with Crippen LogP contribution < -0.4 is 0 Å². The van der Waals surface area contributed by atoms with Gasteiger partial charge in [0.1, 0.15) is 0 Å². The highest BCUT2D eigenvalue weighted by atomic mass is 32.2. The highest BCUT2D eigenvalue weighted by Crippen LogP contribution is 2.17. The number of carboxylic acids is 1. The van der Waals surface area contributed by atoms with Gasteiger partial charge in [0.25, 0.3) is 0 Å². The number of carboxylic acid groups (broad SMARTS) is 1. The Hall–Kier alpha value is -1.35. The number of urea groups is 1. The smallest absolute Gasteiger partial charge is 0.320 e. The Kier molecular flexibility index (Phi) is 5.97. The van der Waals surface area contributed by atoms with E-state index in [0.717, 1.165) is 0 Å². The number of hydrogen-bond donors (Lipinski definition) is 1. The van der Waals surface area contributed by atoms with Crippen LogP contribution in [0.3, 0.4) is 0 Å². The van der Waals surface area contributed by atoms with E-state index >= 15 is 0 Å². The normalized spacial score (nSPS) is 22.6. The molecule has 2 unspecified atom stereocenters. The maximum atomic E-state index is 12.4. The first-order valence-electron chi connectivity index (χ1n) is 6.62. The molecular weight excluding hydrogens is 300 g/mol. The van der Waals surface area contributed by atoms with Crippen molar-refractivity contribution in [1.82, 2.24) is 9.80 Å². The van der Waals surface area contributed by atoms with Crippen LogP contribution in [-0.2, 0) is 19.4 Å². The first kappa shape index (κ1) is 17.7. The molecule has 0 spiro atoms. The molecule has 0 bridgehead atoms. The van der Waals surface area contributed by atoms with Gasteiger partial charge in [-0.2, -0.15) is 0 Å². The number of carbonyl (C=O) groups is 2. The topological polar surface area (TPSA) is 104 Å². The van der Waals surface area contributed by atoms with Crippen molar-refractivity contribution in [3.63, 3.8) is 0 Å². The summed E-state index contributed by atoms with van der Waals surface area (Å²) in [7, 11) is -0.187. The third-order valence-corrected chi connectivity index (χ3v) is 5.25. The molecule has 1 aliphatic rings. The predicted octanol–water partition coefficient (Wildman–Crippen LogP) is -0.353. The molecule has 21 heavy (non-hydrogen) atoms. The Morgan fingerprint density at radius 1 is 1.48 bits per heavy atom. The van der Waals surface area contributed by atoms with Crippen LogP contribution in [0.25, 0.3) is 0 Å². The number of carbonyl (C=O) groups excluding carboxylic acids is 1. The maximum absolute atomic E-state index is 12.4. The van der Waals surface area contributed by atoms with Gasteiger partial charge >= 0.3 is 12.0 Å². The second kappa shape index (κ2) is 7.08. The van der Waals surface area contributed by atoms with Crippen LogP contribution in [-0.4, -0.2) is 86.2 Å². The quantitative estimate of drug-likeness (QED) is 0.742. The number of aliphatic carboxylic acids is 1. The summed E-state index contributed by atoms with van der Waals surface area (Å²) in [5.41, 5.74) is 0. The molecule has 1 heterocycles. The van der Waals surface area contributed by atoms with Crippen molar-refractivity contribution in [1.29, 1.82) is 0 Å². The zero-order valence-corrected chi connectivity index (χ0v) is 13.3. The first-order chi connectivity index (χ1) is 9.68. The molecule has 0 saturated carbocycles. The summed E-state index contributed by atoms with van der Waals surface area (Å²) >= 11 is 0. The largest absolute Gasteiger partial charge is 0.481 e. The lowest BCUT2D eigenvalue weighted by atomic mass is 10.2. The second-order valence-corrected chi connectivity index (χ2v) is 7.49. The van der Waals surface area contributed by atoms with Crippen molar-refractivity contribution in [3.05, 3.63) is 0 Å². The number of hydrogen-bond acceptors (Lipinski definition) is 5. The van der Waals surface area contributed by atoms with Crippen LogP contribution in [0.4, 0.5) is 4.79 Å². The Labute approximate surface area is 124 Å². The van der Waals surface area contributed by atoms with E-state index in [0.29, 0.717) is 6.61 Å². The van der Waals surface area contributed by atoms with Gasteiger partial charge in [-0.05, 0) is 6.92 Å². The van der Waals surface area contributed by atoms with Gasteiger partial charge in [-0.25, -0.2) is 13.2 Å². The molecule has 0 aliphatic carbocycles. The molecule has 122 valence electrons. The van der Waals surface area contributed by atoms with Crippen LogP contribution in [0.1, 0.15) is 13.3 Å². The summed E-state index contributed by atoms with van der Waals surface area (Å²) in [6, 6.07) is -1.39. The van der Waals surface area contributed by atoms with Gasteiger partial charge in [0, 0.05) is 20.7 Å². The minimum Gasteiger partial charge on any atom is -0.481 e. The molecule has 9 heteroatoms. The van der Waals surface area contributed by atoms with E-state index in [2.05, 4.69) is 0 Å². The molecule has 1 saturated heterocycles. The summed E-state index contributed by atoms with van der Waals surface area (Å²) in [6.45, 7) is 2.16. The van der Waals surface area contributed by atoms with Crippen molar-refractivity contribution >= 4 is 21.8 Å². The number of amides is 2. The molecule has 1 aliphatic heterocycles. The molecule has 0 radical (unpaired) electrons. The molecule has 0 aromatic heterocycles. The van der Waals surface area contributed by atoms with Gasteiger partial charge in [0.2, 0.25) is 0 Å². The van der Waals surface area contributed by atoms with E-state index in [9.17, 15) is 18.0 Å². The average Bonchev–Trinajstić information content (AvgIpc) is 2.36. The highest BCUT2D eigenvalue weighted by molar-refractivity contribution is 7.91. The van der Waals surface area contributed by atoms with E-state index < -0.39 is 21.8 Å². The fourth-order valence-corrected chi connectivity index (χ4v) is 3.78. The van der Waals surface area contributed by atoms with Crippen molar-refractivity contribution < 1.29 is 27.9 Å². The third-order valence-electron chi connectivity index (χ3n) is 3.56. The monoisotopic (exact) mass is 322 g/mol. The Bertz CT molecular complexity index is 492. The lowest BCUT2D eigenvalue weighted by Crippen LogP contribution is -2.56. The van der Waals surface area contributed by atoms with Crippen LogP contribution in [0.15, 0.2) is 0 Å². The van der Waals surface area contributed by atoms with E-state index in [1.165, 1.54) is 16.9 Å². The van der Waals surface area contributed by atoms with Crippen LogP contribution in [0.2, 0.25) is 0 Å². The Balaban J connectivity index is 2.86. The van der Waals surface area contributed by atoms with Crippen LogP contribution in [0.5, 0.6) is 0 Å². The lowest BCUT2D eigenvalue weighted by molar-refractivity contribution is -0.138. The van der Waals surface area contributed by atoms with Crippen molar-refractivity contribution in [2.75, 3.05) is 38.8 Å². The van der Waals surface area contributed by atoms with E-state index in [1.54, 1.807) is 14.0 Å². The molecular formula is C12H22N2O6S. The summed E-state index contributed by atoms with van der Waals surface area (Å²) in [4.78, 5) is 26.1. The van der Waals surface area contributed by atoms with Crippen LogP contribution >= 0.6 is 0 Å². The summed E-state index contributed by atoms with van der Waals surface area (Å²) in [6.07, 6.45) is -0.378. The van der Waals surface area contributed by atoms with E-state index in [-0.39, 0.29) is 36.5 Å². The molecule has 1 rings (SSSR count). The molecule has 2 atom stereocenters. The molecule has 1 fully saturated rings. The Morgan fingerprint density at radius 2 is 2.10 bits per heavy atom. The van der Waals surface area contributed by atoms with E-state index in [1.807, 2.05) is 0 Å². The SMILES string of the molecule is COCC(C)N(C)C(=O)N1CCS(=O)(=O)CC1CC(=O)O. The van der Waals surface area contributed by atoms with Crippen molar-refractivity contribution in [2.24, 2.45) is 0 Å². The average molecular weight is 322 g/mol. The zero-order valence-electron chi connectivity index (χ0n) is 12.5. The lowest BCUT2D eigenvalue weighted by Gasteiger charge is -2.38. The first-order valence-corrected chi connectivity index (χ1v) is 8.44. The highest BCUT2D eigenvalue weighted by Gasteiger charge is 2.37. The van der Waals surface area contributed by atoms with Crippen molar-refractivity contribution in [2.45, 2.75) is 25.4 Å². The van der Waals surface area contributed by atoms with E-state index in [4.69, 9.17) is 9.84 Å². The number of likely N-dealkylation sites (N-methyl/N-ethyl adjacent to an activating group) is 1. The second-order valence-electron chi connectivity index (χ2n) is 5.26. The molecule has 1 N–H and O–H groups in total. The van der Waals surface area contributed by atoms with Gasteiger partial charge in [-0.3, -0.25) is 4.79 Å². The zero-order chi connectivity index (χ0) is 16.2. The fraction of sp³-hybridized carbons (Fsp3) is 0.833. The summed E-state index contributed by atoms with van der Waals surface area (Å²) in [5.74, 6) is -1.57. The number of sulfone groups is 1. The predicted molar refractivity (Wildman–Crippen MR) is 75.9 cm³/mol. The molecule has 8 nitrogen and oxygen atoms in total. The molecule has 2 amide bonds. The third kappa shape index (κ3) is 4.85. The minimum atomic E-state index is -3.30. The van der Waals surface area contributed by atoms with Crippen LogP contribution in [0, 0.1) is 0 Å². The van der Waals surface area contributed by atoms with Gasteiger partial charge in [-0.15, -0.1) is 0 Å². The van der Waals surface area contributed by atoms with Gasteiger partial charge < -0.3 is 19.6 Å². The fourth-order valence-electron chi connectivity index (χ4n) is 2.25. The van der Waals surface area contributed by atoms with Gasteiger partial charge in [0.05, 0.1) is 36.6 Å².